The van der Waals surface area contributed by atoms with Gasteiger partial charge in [0.25, 0.3) is 0 Å². The second-order valence-electron chi connectivity index (χ2n) is 9.49. The Bertz CT molecular complexity index is 730. The molecule has 0 aliphatic carbocycles. The highest BCUT2D eigenvalue weighted by Gasteiger charge is 2.49. The van der Waals surface area contributed by atoms with Crippen LogP contribution in [0.1, 0.15) is 73.3 Å². The van der Waals surface area contributed by atoms with E-state index in [1.54, 1.807) is 30.3 Å². The number of carbonyl (C=O) groups is 2. The van der Waals surface area contributed by atoms with Crippen LogP contribution in [0.15, 0.2) is 30.3 Å². The van der Waals surface area contributed by atoms with Crippen molar-refractivity contribution in [3.8, 4) is 5.75 Å². The van der Waals surface area contributed by atoms with Crippen LogP contribution in [0.5, 0.6) is 5.75 Å². The molecule has 0 amide bonds. The first kappa shape index (κ1) is 25.7. The summed E-state index contributed by atoms with van der Waals surface area (Å²) in [6, 6.07) is 6.46. The van der Waals surface area contributed by atoms with Gasteiger partial charge in [-0.3, -0.25) is 4.79 Å². The maximum Gasteiger partial charge on any atom is 0.330 e. The van der Waals surface area contributed by atoms with Gasteiger partial charge in [0.15, 0.2) is 0 Å². The third kappa shape index (κ3) is 7.19. The molecule has 1 unspecified atom stereocenters. The Hall–Kier alpha value is -2.30. The van der Waals surface area contributed by atoms with Crippen LogP contribution < -0.4 is 0 Å². The lowest BCUT2D eigenvalue weighted by molar-refractivity contribution is -0.169. The van der Waals surface area contributed by atoms with Crippen molar-refractivity contribution in [3.63, 3.8) is 0 Å². The van der Waals surface area contributed by atoms with Gasteiger partial charge in [0, 0.05) is 6.08 Å². The van der Waals surface area contributed by atoms with E-state index in [9.17, 15) is 14.7 Å². The summed E-state index contributed by atoms with van der Waals surface area (Å²) in [5.74, 6) is -0.591. The molecule has 5 heteroatoms. The number of phenolic OH excluding ortho intramolecular Hbond substituents is 1. The first-order chi connectivity index (χ1) is 13.9. The minimum atomic E-state index is -0.635. The summed E-state index contributed by atoms with van der Waals surface area (Å²) in [4.78, 5) is 24.9. The van der Waals surface area contributed by atoms with E-state index in [2.05, 4.69) is 41.5 Å². The van der Waals surface area contributed by atoms with E-state index >= 15 is 0 Å². The molecule has 0 aromatic heterocycles. The Balaban J connectivity index is 2.63. The lowest BCUT2D eigenvalue weighted by atomic mass is 9.58. The molecule has 0 spiro atoms. The smallest absolute Gasteiger partial charge is 0.330 e. The summed E-state index contributed by atoms with van der Waals surface area (Å²) < 4.78 is 10.7. The summed E-state index contributed by atoms with van der Waals surface area (Å²) in [5.41, 5.74) is -0.0669. The Morgan fingerprint density at radius 1 is 0.933 bits per heavy atom. The van der Waals surface area contributed by atoms with E-state index in [-0.39, 0.29) is 35.8 Å². The molecule has 0 radical (unpaired) electrons. The fraction of sp³-hybridized carbons (Fsp3) is 0.600. The molecule has 1 rings (SSSR count). The summed E-state index contributed by atoms with van der Waals surface area (Å²) in [7, 11) is 0. The van der Waals surface area contributed by atoms with E-state index in [0.29, 0.717) is 0 Å². The number of carbonyl (C=O) groups excluding carboxylic acids is 2. The van der Waals surface area contributed by atoms with Crippen molar-refractivity contribution >= 4 is 18.0 Å². The van der Waals surface area contributed by atoms with E-state index in [1.807, 2.05) is 6.92 Å². The number of esters is 2. The lowest BCUT2D eigenvalue weighted by Crippen LogP contribution is -2.46. The predicted molar refractivity (Wildman–Crippen MR) is 120 cm³/mol. The average molecular weight is 419 g/mol. The first-order valence-electron chi connectivity index (χ1n) is 10.7. The zero-order valence-electron chi connectivity index (χ0n) is 19.6. The third-order valence-corrected chi connectivity index (χ3v) is 6.48. The summed E-state index contributed by atoms with van der Waals surface area (Å²) in [6.07, 6.45) is 5.46. The van der Waals surface area contributed by atoms with Gasteiger partial charge < -0.3 is 14.6 Å². The zero-order valence-corrected chi connectivity index (χ0v) is 19.6. The molecule has 30 heavy (non-hydrogen) atoms. The van der Waals surface area contributed by atoms with Crippen molar-refractivity contribution in [2.75, 3.05) is 13.2 Å². The number of hydrogen-bond acceptors (Lipinski definition) is 5. The highest BCUT2D eigenvalue weighted by Crippen LogP contribution is 2.50. The molecule has 0 aliphatic rings. The van der Waals surface area contributed by atoms with Gasteiger partial charge in [0.1, 0.15) is 19.0 Å². The number of phenols is 1. The van der Waals surface area contributed by atoms with Crippen LogP contribution in [0.2, 0.25) is 0 Å². The van der Waals surface area contributed by atoms with Crippen molar-refractivity contribution in [1.82, 2.24) is 0 Å². The van der Waals surface area contributed by atoms with E-state index < -0.39 is 11.4 Å². The van der Waals surface area contributed by atoms with Crippen LogP contribution in [-0.4, -0.2) is 30.3 Å². The summed E-state index contributed by atoms with van der Waals surface area (Å²) >= 11 is 0. The second-order valence-corrected chi connectivity index (χ2v) is 9.49. The summed E-state index contributed by atoms with van der Waals surface area (Å²) in [6.45, 7) is 14.8. The molecule has 0 bridgehead atoms. The Morgan fingerprint density at radius 3 is 2.03 bits per heavy atom. The van der Waals surface area contributed by atoms with Crippen LogP contribution in [-0.2, 0) is 19.1 Å². The highest BCUT2D eigenvalue weighted by atomic mass is 16.6. The molecule has 0 saturated heterocycles. The maximum absolute atomic E-state index is 13.0. The van der Waals surface area contributed by atoms with Crippen molar-refractivity contribution in [1.29, 1.82) is 0 Å². The maximum atomic E-state index is 13.0. The molecule has 0 aliphatic heterocycles. The SMILES string of the molecule is CCC(C)(C)CC(C)(C(=O)OCCOC(=O)/C=C/c1ccc(O)cc1)C(C)(C)CC. The van der Waals surface area contributed by atoms with Gasteiger partial charge in [-0.15, -0.1) is 0 Å². The van der Waals surface area contributed by atoms with Crippen molar-refractivity contribution in [2.24, 2.45) is 16.2 Å². The molecule has 0 saturated carbocycles. The Labute approximate surface area is 181 Å². The molecular formula is C25H38O5. The number of aromatic hydroxyl groups is 1. The molecule has 0 fully saturated rings. The molecular weight excluding hydrogens is 380 g/mol. The van der Waals surface area contributed by atoms with Gasteiger partial charge in [-0.05, 0) is 54.4 Å². The second kappa shape index (κ2) is 10.6. The molecule has 0 heterocycles. The number of ether oxygens (including phenoxy) is 2. The molecule has 168 valence electrons. The van der Waals surface area contributed by atoms with Crippen molar-refractivity contribution in [3.05, 3.63) is 35.9 Å². The van der Waals surface area contributed by atoms with E-state index in [0.717, 1.165) is 24.8 Å². The van der Waals surface area contributed by atoms with Crippen molar-refractivity contribution < 1.29 is 24.2 Å². The predicted octanol–water partition coefficient (Wildman–Crippen LogP) is 5.76. The topological polar surface area (TPSA) is 72.8 Å². The van der Waals surface area contributed by atoms with Gasteiger partial charge in [-0.25, -0.2) is 4.79 Å². The molecule has 1 atom stereocenters. The average Bonchev–Trinajstić information content (AvgIpc) is 2.70. The van der Waals surface area contributed by atoms with Gasteiger partial charge in [0.2, 0.25) is 0 Å². The summed E-state index contributed by atoms with van der Waals surface area (Å²) in [5, 5.41) is 9.26. The Kier molecular flexibility index (Phi) is 9.13. The standard InChI is InChI=1S/C25H38O5/c1-8-23(3,4)18-25(7,24(5,6)9-2)22(28)30-17-16-29-21(27)15-12-19-10-13-20(26)14-11-19/h10-15,26H,8-9,16-18H2,1-7H3/b15-12+. The monoisotopic (exact) mass is 418 g/mol. The van der Waals surface area contributed by atoms with Gasteiger partial charge in [0.05, 0.1) is 5.41 Å². The van der Waals surface area contributed by atoms with E-state index in [4.69, 9.17) is 9.47 Å². The van der Waals surface area contributed by atoms with Crippen molar-refractivity contribution in [2.45, 2.75) is 67.7 Å². The highest BCUT2D eigenvalue weighted by molar-refractivity contribution is 5.87. The van der Waals surface area contributed by atoms with Gasteiger partial charge in [-0.2, -0.15) is 0 Å². The van der Waals surface area contributed by atoms with Crippen LogP contribution in [0.4, 0.5) is 0 Å². The number of benzene rings is 1. The van der Waals surface area contributed by atoms with Gasteiger partial charge in [-0.1, -0.05) is 60.1 Å². The van der Waals surface area contributed by atoms with Gasteiger partial charge >= 0.3 is 11.9 Å². The minimum Gasteiger partial charge on any atom is -0.508 e. The molecule has 1 aromatic rings. The quantitative estimate of drug-likeness (QED) is 0.281. The fourth-order valence-corrected chi connectivity index (χ4v) is 3.29. The Morgan fingerprint density at radius 2 is 1.50 bits per heavy atom. The zero-order chi connectivity index (χ0) is 23.0. The fourth-order valence-electron chi connectivity index (χ4n) is 3.29. The van der Waals surface area contributed by atoms with Crippen LogP contribution in [0, 0.1) is 16.2 Å². The largest absolute Gasteiger partial charge is 0.508 e. The molecule has 1 aromatic carbocycles. The third-order valence-electron chi connectivity index (χ3n) is 6.48. The minimum absolute atomic E-state index is 0.00426. The van der Waals surface area contributed by atoms with Crippen LogP contribution in [0.25, 0.3) is 6.08 Å². The molecule has 1 N–H and O–H groups in total. The number of hydrogen-bond donors (Lipinski definition) is 1. The lowest BCUT2D eigenvalue weighted by Gasteiger charge is -2.45. The van der Waals surface area contributed by atoms with E-state index in [1.165, 1.54) is 6.08 Å². The molecule has 5 nitrogen and oxygen atoms in total. The van der Waals surface area contributed by atoms with Crippen LogP contribution >= 0.6 is 0 Å². The van der Waals surface area contributed by atoms with Crippen LogP contribution in [0.3, 0.4) is 0 Å². The first-order valence-corrected chi connectivity index (χ1v) is 10.7. The normalized spacial score (nSPS) is 14.4. The number of rotatable bonds is 11.